The van der Waals surface area contributed by atoms with Gasteiger partial charge < -0.3 is 9.80 Å². The van der Waals surface area contributed by atoms with Gasteiger partial charge in [-0.05, 0) is 30.5 Å². The predicted octanol–water partition coefficient (Wildman–Crippen LogP) is 1.07. The van der Waals surface area contributed by atoms with Gasteiger partial charge in [0.2, 0.25) is 11.8 Å². The summed E-state index contributed by atoms with van der Waals surface area (Å²) in [6.07, 6.45) is 1.84. The van der Waals surface area contributed by atoms with Gasteiger partial charge in [0.1, 0.15) is 6.54 Å². The minimum atomic E-state index is -0.0344. The van der Waals surface area contributed by atoms with Crippen LogP contribution in [0.2, 0.25) is 0 Å². The molecule has 6 nitrogen and oxygen atoms in total. The van der Waals surface area contributed by atoms with E-state index in [4.69, 9.17) is 5.26 Å². The molecule has 0 aliphatic carbocycles. The molecule has 1 aromatic rings. The van der Waals surface area contributed by atoms with Crippen LogP contribution in [0.5, 0.6) is 0 Å². The third-order valence-corrected chi connectivity index (χ3v) is 5.14. The lowest BCUT2D eigenvalue weighted by Crippen LogP contribution is -2.51. The molecule has 3 heterocycles. The van der Waals surface area contributed by atoms with Crippen molar-refractivity contribution in [3.05, 3.63) is 35.4 Å². The van der Waals surface area contributed by atoms with Crippen molar-refractivity contribution in [2.24, 2.45) is 5.92 Å². The number of nitrogens with zero attached hydrogens (tertiary/aromatic N) is 4. The summed E-state index contributed by atoms with van der Waals surface area (Å²) in [7, 11) is 3.44. The summed E-state index contributed by atoms with van der Waals surface area (Å²) in [5.74, 6) is 0.0433. The molecule has 0 N–H and O–H groups in total. The van der Waals surface area contributed by atoms with Gasteiger partial charge >= 0.3 is 0 Å². The van der Waals surface area contributed by atoms with E-state index < -0.39 is 0 Å². The quantitative estimate of drug-likeness (QED) is 0.822. The van der Waals surface area contributed by atoms with Gasteiger partial charge in [-0.15, -0.1) is 0 Å². The lowest BCUT2D eigenvalue weighted by molar-refractivity contribution is -0.145. The van der Waals surface area contributed by atoms with E-state index in [1.54, 1.807) is 25.1 Å². The lowest BCUT2D eigenvalue weighted by atomic mass is 9.94. The highest BCUT2D eigenvalue weighted by molar-refractivity contribution is 5.86. The van der Waals surface area contributed by atoms with Crippen LogP contribution in [-0.4, -0.2) is 66.3 Å². The highest BCUT2D eigenvalue weighted by atomic mass is 16.2. The summed E-state index contributed by atoms with van der Waals surface area (Å²) in [6, 6.07) is 9.88. The topological polar surface area (TPSA) is 67.7 Å². The number of hydrogen-bond donors (Lipinski definition) is 0. The molecule has 6 heteroatoms. The maximum absolute atomic E-state index is 12.7. The number of amides is 2. The van der Waals surface area contributed by atoms with Gasteiger partial charge in [0, 0.05) is 39.8 Å². The number of hydrogen-bond acceptors (Lipinski definition) is 4. The Balaban J connectivity index is 1.73. The molecule has 0 unspecified atom stereocenters. The first kappa shape index (κ1) is 17.4. The van der Waals surface area contributed by atoms with Gasteiger partial charge in [0.05, 0.1) is 17.6 Å². The van der Waals surface area contributed by atoms with Gasteiger partial charge in [0.15, 0.2) is 0 Å². The normalized spacial score (nSPS) is 23.2. The summed E-state index contributed by atoms with van der Waals surface area (Å²) >= 11 is 0. The number of benzene rings is 1. The van der Waals surface area contributed by atoms with E-state index in [0.717, 1.165) is 38.0 Å². The first-order chi connectivity index (χ1) is 12.0. The second-order valence-corrected chi connectivity index (χ2v) is 7.19. The van der Waals surface area contributed by atoms with Crippen molar-refractivity contribution in [3.63, 3.8) is 0 Å². The van der Waals surface area contributed by atoms with E-state index in [1.165, 1.54) is 4.90 Å². The number of piperidine rings is 1. The van der Waals surface area contributed by atoms with Crippen LogP contribution in [0.25, 0.3) is 0 Å². The highest BCUT2D eigenvalue weighted by Gasteiger charge is 2.41. The maximum Gasteiger partial charge on any atom is 0.241 e. The molecule has 2 bridgehead atoms. The number of nitriles is 1. The number of fused-ring (bicyclic) bond motifs is 4. The smallest absolute Gasteiger partial charge is 0.241 e. The van der Waals surface area contributed by atoms with Crippen molar-refractivity contribution in [2.75, 3.05) is 33.7 Å². The molecule has 0 saturated carbocycles. The minimum Gasteiger partial charge on any atom is -0.347 e. The van der Waals surface area contributed by atoms with E-state index in [2.05, 4.69) is 11.0 Å². The van der Waals surface area contributed by atoms with Gasteiger partial charge in [0.25, 0.3) is 0 Å². The molecule has 132 valence electrons. The van der Waals surface area contributed by atoms with Crippen LogP contribution in [-0.2, 0) is 16.1 Å². The molecule has 25 heavy (non-hydrogen) atoms. The first-order valence-corrected chi connectivity index (χ1v) is 8.70. The predicted molar refractivity (Wildman–Crippen MR) is 93.4 cm³/mol. The molecular weight excluding hydrogens is 316 g/mol. The Hall–Kier alpha value is -2.39. The largest absolute Gasteiger partial charge is 0.347 e. The number of carbonyl (C=O) groups is 2. The molecule has 3 aliphatic rings. The Morgan fingerprint density at radius 3 is 2.84 bits per heavy atom. The number of carbonyl (C=O) groups excluding carboxylic acids is 2. The number of rotatable bonds is 4. The zero-order chi connectivity index (χ0) is 18.0. The zero-order valence-electron chi connectivity index (χ0n) is 14.8. The van der Waals surface area contributed by atoms with E-state index in [1.807, 2.05) is 18.2 Å². The highest BCUT2D eigenvalue weighted by Crippen LogP contribution is 2.29. The standard InChI is InChI=1S/C19H24N4O2/c1-21(2)18(24)13-23-17-7-6-16(19(23)25)11-22(12-17)10-15-5-3-4-14(8-15)9-20/h3-5,8,16-17H,6-7,10-13H2,1-2H3/t16-,17+/m1/s1. The fourth-order valence-electron chi connectivity index (χ4n) is 3.75. The Kier molecular flexibility index (Phi) is 5.05. The molecule has 3 fully saturated rings. The second kappa shape index (κ2) is 7.24. The van der Waals surface area contributed by atoms with Crippen LogP contribution in [0, 0.1) is 17.2 Å². The Morgan fingerprint density at radius 1 is 1.32 bits per heavy atom. The van der Waals surface area contributed by atoms with Crippen molar-refractivity contribution in [1.82, 2.24) is 14.7 Å². The molecule has 2 atom stereocenters. The third-order valence-electron chi connectivity index (χ3n) is 5.14. The van der Waals surface area contributed by atoms with Crippen molar-refractivity contribution < 1.29 is 9.59 Å². The summed E-state index contributed by atoms with van der Waals surface area (Å²) in [5.41, 5.74) is 1.74. The van der Waals surface area contributed by atoms with Gasteiger partial charge in [-0.1, -0.05) is 12.1 Å². The molecule has 2 amide bonds. The van der Waals surface area contributed by atoms with E-state index >= 15 is 0 Å². The van der Waals surface area contributed by atoms with E-state index in [0.29, 0.717) is 5.56 Å². The van der Waals surface area contributed by atoms with Crippen LogP contribution in [0.1, 0.15) is 24.0 Å². The van der Waals surface area contributed by atoms with Gasteiger partial charge in [-0.2, -0.15) is 5.26 Å². The molecule has 4 rings (SSSR count). The SMILES string of the molecule is CN(C)C(=O)CN1C(=O)[C@@H]2CC[C@H]1CN(Cc1cccc(C#N)c1)C2. The van der Waals surface area contributed by atoms with Crippen LogP contribution in [0.3, 0.4) is 0 Å². The van der Waals surface area contributed by atoms with Crippen molar-refractivity contribution in [3.8, 4) is 6.07 Å². The average molecular weight is 340 g/mol. The zero-order valence-corrected chi connectivity index (χ0v) is 14.8. The molecule has 0 aromatic heterocycles. The monoisotopic (exact) mass is 340 g/mol. The first-order valence-electron chi connectivity index (χ1n) is 8.70. The Labute approximate surface area is 148 Å². The Bertz CT molecular complexity index is 710. The van der Waals surface area contributed by atoms with Crippen molar-refractivity contribution in [1.29, 1.82) is 5.26 Å². The molecular formula is C19H24N4O2. The van der Waals surface area contributed by atoms with Gasteiger partial charge in [-0.3, -0.25) is 14.5 Å². The van der Waals surface area contributed by atoms with Crippen LogP contribution in [0.15, 0.2) is 24.3 Å². The Morgan fingerprint density at radius 2 is 2.12 bits per heavy atom. The summed E-state index contributed by atoms with van der Waals surface area (Å²) in [4.78, 5) is 30.4. The molecule has 3 aliphatic heterocycles. The summed E-state index contributed by atoms with van der Waals surface area (Å²) in [6.45, 7) is 2.40. The average Bonchev–Trinajstić information content (AvgIpc) is 2.86. The molecule has 0 spiro atoms. The van der Waals surface area contributed by atoms with E-state index in [9.17, 15) is 9.59 Å². The maximum atomic E-state index is 12.7. The third kappa shape index (κ3) is 3.83. The minimum absolute atomic E-state index is 0.0332. The fourth-order valence-corrected chi connectivity index (χ4v) is 3.75. The summed E-state index contributed by atoms with van der Waals surface area (Å²) < 4.78 is 0. The molecule has 1 aromatic carbocycles. The van der Waals surface area contributed by atoms with Crippen LogP contribution >= 0.6 is 0 Å². The fraction of sp³-hybridized carbons (Fsp3) is 0.526. The van der Waals surface area contributed by atoms with Crippen LogP contribution < -0.4 is 0 Å². The van der Waals surface area contributed by atoms with Crippen LogP contribution in [0.4, 0.5) is 0 Å². The molecule has 0 radical (unpaired) electrons. The van der Waals surface area contributed by atoms with Crippen molar-refractivity contribution in [2.45, 2.75) is 25.4 Å². The van der Waals surface area contributed by atoms with Crippen molar-refractivity contribution >= 4 is 11.8 Å². The summed E-state index contributed by atoms with van der Waals surface area (Å²) in [5, 5.41) is 9.05. The van der Waals surface area contributed by atoms with E-state index in [-0.39, 0.29) is 30.3 Å². The molecule has 3 saturated heterocycles. The lowest BCUT2D eigenvalue weighted by Gasteiger charge is -2.36. The van der Waals surface area contributed by atoms with Gasteiger partial charge in [-0.25, -0.2) is 0 Å². The second-order valence-electron chi connectivity index (χ2n) is 7.19. The number of likely N-dealkylation sites (N-methyl/N-ethyl adjacent to an activating group) is 1.